The highest BCUT2D eigenvalue weighted by atomic mass is 32.1. The molecule has 0 spiro atoms. The van der Waals surface area contributed by atoms with Crippen LogP contribution in [-0.2, 0) is 20.9 Å². The maximum atomic E-state index is 12.5. The van der Waals surface area contributed by atoms with E-state index in [-0.39, 0.29) is 5.91 Å². The van der Waals surface area contributed by atoms with Gasteiger partial charge in [0.25, 0.3) is 11.8 Å². The fraction of sp³-hybridized carbons (Fsp3) is 0.250. The maximum absolute atomic E-state index is 12.5. The minimum absolute atomic E-state index is 0.358. The normalized spacial score (nSPS) is 11.3. The third-order valence-electron chi connectivity index (χ3n) is 5.17. The number of thiophene rings is 1. The second kappa shape index (κ2) is 10.6. The Labute approximate surface area is 195 Å². The third kappa shape index (κ3) is 5.67. The number of anilines is 1. The molecule has 2 N–H and O–H groups in total. The summed E-state index contributed by atoms with van der Waals surface area (Å²) in [7, 11) is 0. The summed E-state index contributed by atoms with van der Waals surface area (Å²) >= 11 is 1.26. The van der Waals surface area contributed by atoms with Crippen molar-refractivity contribution in [2.45, 2.75) is 33.4 Å². The number of aromatic nitrogens is 1. The van der Waals surface area contributed by atoms with Crippen molar-refractivity contribution in [3.8, 4) is 6.07 Å². The van der Waals surface area contributed by atoms with Crippen LogP contribution in [0.3, 0.4) is 0 Å². The van der Waals surface area contributed by atoms with E-state index in [0.717, 1.165) is 16.8 Å². The van der Waals surface area contributed by atoms with E-state index in [0.29, 0.717) is 22.8 Å². The van der Waals surface area contributed by atoms with E-state index in [1.54, 1.807) is 17.5 Å². The van der Waals surface area contributed by atoms with Crippen LogP contribution in [0.1, 0.15) is 39.0 Å². The summed E-state index contributed by atoms with van der Waals surface area (Å²) in [5, 5.41) is 16.6. The van der Waals surface area contributed by atoms with Gasteiger partial charge in [-0.3, -0.25) is 9.59 Å². The molecule has 3 aromatic rings. The highest BCUT2D eigenvalue weighted by molar-refractivity contribution is 7.12. The molecule has 1 unspecified atom stereocenters. The van der Waals surface area contributed by atoms with Gasteiger partial charge in [0.15, 0.2) is 6.61 Å². The van der Waals surface area contributed by atoms with Gasteiger partial charge < -0.3 is 19.9 Å². The van der Waals surface area contributed by atoms with Crippen molar-refractivity contribution in [1.82, 2.24) is 9.88 Å². The number of nitriles is 1. The number of esters is 1. The maximum Gasteiger partial charge on any atom is 0.328 e. The van der Waals surface area contributed by atoms with E-state index in [9.17, 15) is 19.6 Å². The lowest BCUT2D eigenvalue weighted by Crippen LogP contribution is -2.40. The van der Waals surface area contributed by atoms with Crippen molar-refractivity contribution in [3.63, 3.8) is 0 Å². The Morgan fingerprint density at radius 1 is 1.15 bits per heavy atom. The molecule has 1 aromatic carbocycles. The van der Waals surface area contributed by atoms with Crippen LogP contribution in [0.5, 0.6) is 0 Å². The van der Waals surface area contributed by atoms with Crippen LogP contribution in [0.15, 0.2) is 47.8 Å². The number of carbonyl (C=O) groups is 3. The fourth-order valence-electron chi connectivity index (χ4n) is 3.26. The molecule has 0 radical (unpaired) electrons. The number of nitrogens with zero attached hydrogens (tertiary/aromatic N) is 2. The Morgan fingerprint density at radius 3 is 2.52 bits per heavy atom. The number of hydrogen-bond acceptors (Lipinski definition) is 6. The quantitative estimate of drug-likeness (QED) is 0.496. The lowest BCUT2D eigenvalue weighted by molar-refractivity contribution is -0.148. The van der Waals surface area contributed by atoms with E-state index in [2.05, 4.69) is 16.7 Å². The van der Waals surface area contributed by atoms with E-state index in [1.165, 1.54) is 18.3 Å². The summed E-state index contributed by atoms with van der Waals surface area (Å²) < 4.78 is 6.92. The summed E-state index contributed by atoms with van der Waals surface area (Å²) in [6.07, 6.45) is 0. The lowest BCUT2D eigenvalue weighted by Gasteiger charge is -2.15. The number of carbonyl (C=O) groups excluding carboxylic acids is 3. The lowest BCUT2D eigenvalue weighted by atomic mass is 10.2. The van der Waals surface area contributed by atoms with Crippen molar-refractivity contribution in [3.05, 3.63) is 75.1 Å². The molecule has 0 fully saturated rings. The van der Waals surface area contributed by atoms with Gasteiger partial charge in [-0.25, -0.2) is 4.79 Å². The molecule has 33 heavy (non-hydrogen) atoms. The number of amides is 2. The number of hydrogen-bond donors (Lipinski definition) is 2. The topological polar surface area (TPSA) is 113 Å². The van der Waals surface area contributed by atoms with Crippen molar-refractivity contribution in [2.24, 2.45) is 0 Å². The van der Waals surface area contributed by atoms with Gasteiger partial charge >= 0.3 is 5.97 Å². The van der Waals surface area contributed by atoms with Gasteiger partial charge in [-0.2, -0.15) is 5.26 Å². The third-order valence-corrected chi connectivity index (χ3v) is 6.04. The van der Waals surface area contributed by atoms with Gasteiger partial charge in [-0.15, -0.1) is 11.3 Å². The van der Waals surface area contributed by atoms with E-state index < -0.39 is 24.5 Å². The van der Waals surface area contributed by atoms with Crippen LogP contribution in [0.25, 0.3) is 0 Å². The Kier molecular flexibility index (Phi) is 7.64. The predicted molar refractivity (Wildman–Crippen MR) is 125 cm³/mol. The highest BCUT2D eigenvalue weighted by Gasteiger charge is 2.22. The molecule has 9 heteroatoms. The standard InChI is InChI=1S/C24H24N4O4S/c1-15-17(3)28(13-18-8-5-4-6-9-18)22(19(15)12-25)27-21(29)14-32-24(31)16(2)26-23(30)20-10-7-11-33-20/h4-11,16H,13-14H2,1-3H3,(H,26,30)(H,27,29). The molecule has 2 heterocycles. The van der Waals surface area contributed by atoms with Crippen molar-refractivity contribution in [2.75, 3.05) is 11.9 Å². The average molecular weight is 465 g/mol. The molecular weight excluding hydrogens is 440 g/mol. The average Bonchev–Trinajstić information content (AvgIpc) is 3.42. The van der Waals surface area contributed by atoms with Crippen LogP contribution in [0.4, 0.5) is 5.82 Å². The molecule has 0 bridgehead atoms. The van der Waals surface area contributed by atoms with Crippen LogP contribution >= 0.6 is 11.3 Å². The number of rotatable bonds is 8. The van der Waals surface area contributed by atoms with Gasteiger partial charge in [0.05, 0.1) is 10.4 Å². The predicted octanol–water partition coefficient (Wildman–Crippen LogP) is 3.39. The number of ether oxygens (including phenoxy) is 1. The number of benzene rings is 1. The Balaban J connectivity index is 1.65. The minimum atomic E-state index is -0.923. The zero-order chi connectivity index (χ0) is 24.0. The second-order valence-corrected chi connectivity index (χ2v) is 8.39. The number of nitrogens with one attached hydrogen (secondary N) is 2. The van der Waals surface area contributed by atoms with Gasteiger partial charge in [-0.05, 0) is 43.3 Å². The van der Waals surface area contributed by atoms with Crippen LogP contribution in [0.2, 0.25) is 0 Å². The van der Waals surface area contributed by atoms with E-state index in [1.807, 2.05) is 48.7 Å². The first kappa shape index (κ1) is 23.8. The van der Waals surface area contributed by atoms with Crippen molar-refractivity contribution in [1.29, 1.82) is 5.26 Å². The molecule has 0 aliphatic heterocycles. The summed E-state index contributed by atoms with van der Waals surface area (Å²) in [5.41, 5.74) is 3.00. The van der Waals surface area contributed by atoms with Gasteiger partial charge in [0.1, 0.15) is 17.9 Å². The summed E-state index contributed by atoms with van der Waals surface area (Å²) in [5.74, 6) is -1.34. The SMILES string of the molecule is Cc1c(C#N)c(NC(=O)COC(=O)C(C)NC(=O)c2cccs2)n(Cc2ccccc2)c1C. The molecule has 0 saturated heterocycles. The smallest absolute Gasteiger partial charge is 0.328 e. The molecule has 2 aromatic heterocycles. The molecule has 170 valence electrons. The Bertz CT molecular complexity index is 1190. The van der Waals surface area contributed by atoms with E-state index >= 15 is 0 Å². The van der Waals surface area contributed by atoms with Crippen LogP contribution in [0, 0.1) is 25.2 Å². The first-order valence-corrected chi connectivity index (χ1v) is 11.1. The van der Waals surface area contributed by atoms with E-state index in [4.69, 9.17) is 4.74 Å². The zero-order valence-electron chi connectivity index (χ0n) is 18.5. The summed E-state index contributed by atoms with van der Waals surface area (Å²) in [4.78, 5) is 37.3. The molecule has 0 saturated carbocycles. The van der Waals surface area contributed by atoms with Gasteiger partial charge in [0, 0.05) is 12.2 Å². The fourth-order valence-corrected chi connectivity index (χ4v) is 3.89. The first-order chi connectivity index (χ1) is 15.8. The highest BCUT2D eigenvalue weighted by Crippen LogP contribution is 2.27. The van der Waals surface area contributed by atoms with Crippen LogP contribution < -0.4 is 10.6 Å². The molecule has 0 aliphatic carbocycles. The minimum Gasteiger partial charge on any atom is -0.454 e. The molecule has 3 rings (SSSR count). The largest absolute Gasteiger partial charge is 0.454 e. The molecule has 0 aliphatic rings. The molecule has 8 nitrogen and oxygen atoms in total. The van der Waals surface area contributed by atoms with Crippen molar-refractivity contribution < 1.29 is 19.1 Å². The first-order valence-electron chi connectivity index (χ1n) is 10.3. The monoisotopic (exact) mass is 464 g/mol. The Hall–Kier alpha value is -3.90. The molecule has 1 atom stereocenters. The summed E-state index contributed by atoms with van der Waals surface area (Å²) in [6.45, 7) is 5.11. The molecule has 2 amide bonds. The Morgan fingerprint density at radius 2 is 1.88 bits per heavy atom. The van der Waals surface area contributed by atoms with Crippen LogP contribution in [-0.4, -0.2) is 35.0 Å². The van der Waals surface area contributed by atoms with Gasteiger partial charge in [-0.1, -0.05) is 36.4 Å². The molecular formula is C24H24N4O4S. The van der Waals surface area contributed by atoms with Crippen molar-refractivity contribution >= 4 is 34.9 Å². The zero-order valence-corrected chi connectivity index (χ0v) is 19.4. The van der Waals surface area contributed by atoms with Gasteiger partial charge in [0.2, 0.25) is 0 Å². The summed E-state index contributed by atoms with van der Waals surface area (Å²) in [6, 6.07) is 14.3. The second-order valence-electron chi connectivity index (χ2n) is 7.45.